The molecular formula is C33H42N4O2S. The Kier molecular flexibility index (Phi) is 10.2. The number of rotatable bonds is 8. The Morgan fingerprint density at radius 3 is 2.62 bits per heavy atom. The molecule has 0 aromatic carbocycles. The minimum absolute atomic E-state index is 0.202. The van der Waals surface area contributed by atoms with E-state index in [1.165, 1.54) is 11.1 Å². The first kappa shape index (κ1) is 30.0. The lowest BCUT2D eigenvalue weighted by Crippen LogP contribution is -2.41. The summed E-state index contributed by atoms with van der Waals surface area (Å²) in [5.41, 5.74) is 8.61. The van der Waals surface area contributed by atoms with Gasteiger partial charge in [-0.1, -0.05) is 54.8 Å². The highest BCUT2D eigenvalue weighted by Crippen LogP contribution is 2.33. The number of Topliss-reactive ketones (excluding diaryl/α,β-unsaturated/α-hetero) is 1. The fraction of sp³-hybridized carbons (Fsp3) is 0.424. The molecule has 4 rings (SSSR count). The molecule has 0 N–H and O–H groups in total. The number of carbonyl (C=O) groups excluding carboxylic acids is 1. The first-order valence-corrected chi connectivity index (χ1v) is 14.5. The molecule has 40 heavy (non-hydrogen) atoms. The Hall–Kier alpha value is -3.00. The third-order valence-electron chi connectivity index (χ3n) is 8.29. The van der Waals surface area contributed by atoms with Crippen molar-refractivity contribution in [3.05, 3.63) is 88.6 Å². The predicted molar refractivity (Wildman–Crippen MR) is 169 cm³/mol. The van der Waals surface area contributed by atoms with Crippen LogP contribution in [-0.2, 0) is 9.53 Å². The van der Waals surface area contributed by atoms with Crippen LogP contribution in [0, 0.1) is 12.8 Å². The number of carbonyl (C=O) groups is 1. The summed E-state index contributed by atoms with van der Waals surface area (Å²) in [7, 11) is 1.64. The van der Waals surface area contributed by atoms with Gasteiger partial charge in [0.05, 0.1) is 5.70 Å². The number of likely N-dealkylation sites (tertiary alicyclic amines) is 1. The minimum Gasteiger partial charge on any atom is -0.377 e. The van der Waals surface area contributed by atoms with E-state index >= 15 is 0 Å². The second-order valence-corrected chi connectivity index (χ2v) is 11.4. The number of piperidine rings is 1. The number of allylic oxidation sites excluding steroid dienone is 7. The average Bonchev–Trinajstić information content (AvgIpc) is 2.95. The van der Waals surface area contributed by atoms with Gasteiger partial charge in [0.25, 0.3) is 0 Å². The van der Waals surface area contributed by atoms with Crippen molar-refractivity contribution >= 4 is 36.1 Å². The number of methoxy groups -OCH3 is 1. The van der Waals surface area contributed by atoms with Crippen LogP contribution in [0.4, 0.5) is 0 Å². The van der Waals surface area contributed by atoms with Gasteiger partial charge in [0, 0.05) is 36.8 Å². The van der Waals surface area contributed by atoms with Gasteiger partial charge >= 0.3 is 0 Å². The maximum atomic E-state index is 11.7. The minimum atomic E-state index is 0.202. The van der Waals surface area contributed by atoms with Crippen molar-refractivity contribution in [1.82, 2.24) is 14.2 Å². The molecule has 6 nitrogen and oxygen atoms in total. The molecule has 3 aliphatic rings. The number of aliphatic imine (C=N–C) groups is 1. The van der Waals surface area contributed by atoms with Crippen molar-refractivity contribution < 1.29 is 9.53 Å². The Morgan fingerprint density at radius 1 is 1.23 bits per heavy atom. The normalized spacial score (nSPS) is 22.4. The molecule has 1 fully saturated rings. The first-order chi connectivity index (χ1) is 19.2. The molecule has 1 aliphatic carbocycles. The topological polar surface area (TPSA) is 58.0 Å². The van der Waals surface area contributed by atoms with Gasteiger partial charge in [-0.25, -0.2) is 4.99 Å². The number of hydrogen-bond acceptors (Lipinski definition) is 7. The van der Waals surface area contributed by atoms with E-state index in [2.05, 4.69) is 73.3 Å². The van der Waals surface area contributed by atoms with Crippen LogP contribution < -0.4 is 0 Å². The molecule has 0 radical (unpaired) electrons. The first-order valence-electron chi connectivity index (χ1n) is 14.1. The van der Waals surface area contributed by atoms with E-state index in [-0.39, 0.29) is 5.78 Å². The van der Waals surface area contributed by atoms with Crippen molar-refractivity contribution in [2.24, 2.45) is 10.9 Å². The van der Waals surface area contributed by atoms with E-state index in [9.17, 15) is 4.79 Å². The molecule has 1 saturated heterocycles. The number of ether oxygens (including phenoxy) is 1. The quantitative estimate of drug-likeness (QED) is 0.358. The summed E-state index contributed by atoms with van der Waals surface area (Å²) >= 11 is 4.66. The Bertz CT molecular complexity index is 1330. The van der Waals surface area contributed by atoms with Crippen LogP contribution in [0.5, 0.6) is 0 Å². The van der Waals surface area contributed by atoms with Gasteiger partial charge in [-0.3, -0.25) is 19.0 Å². The standard InChI is InChI=1S/C33H42N4O2S/c1-22(25(4)36-17-14-29(15-18-36)28-11-9-27(10-12-28)26(5)38)19-32-24(3)34-16-13-31(32)30-8-7-23(2)35-33(21-39-6)37(40)20-30/h7-9,11,13,16,19-20,25,29,40H,2,10,12,14-15,17-18,21H2,1,3-6H3/b8-7-,22-19+,30-20+,35-33?. The lowest BCUT2D eigenvalue weighted by molar-refractivity contribution is -0.113. The second kappa shape index (κ2) is 13.6. The molecule has 212 valence electrons. The number of aryl methyl sites for hydroxylation is 1. The summed E-state index contributed by atoms with van der Waals surface area (Å²) in [6.07, 6.45) is 18.6. The molecule has 7 heteroatoms. The molecule has 1 atom stereocenters. The number of nitrogens with zero attached hydrogens (tertiary/aromatic N) is 4. The third-order valence-corrected chi connectivity index (χ3v) is 8.64. The van der Waals surface area contributed by atoms with E-state index in [4.69, 9.17) is 4.74 Å². The SMILES string of the molecule is C=C1/C=C\C(c2ccnc(C)c2/C=C(\C)C(C)N2CCC(C3=CC=C(C(C)=O)CC3)CC2)=C/N(S)C(COC)=N1. The van der Waals surface area contributed by atoms with Crippen LogP contribution in [0.15, 0.2) is 76.8 Å². The Balaban J connectivity index is 1.52. The molecule has 1 unspecified atom stereocenters. The maximum Gasteiger partial charge on any atom is 0.155 e. The van der Waals surface area contributed by atoms with Gasteiger partial charge in [-0.15, -0.1) is 0 Å². The highest BCUT2D eigenvalue weighted by atomic mass is 32.1. The van der Waals surface area contributed by atoms with Crippen LogP contribution in [0.25, 0.3) is 11.6 Å². The van der Waals surface area contributed by atoms with Gasteiger partial charge in [-0.2, -0.15) is 0 Å². The molecule has 0 amide bonds. The van der Waals surface area contributed by atoms with E-state index in [1.807, 2.05) is 30.6 Å². The summed E-state index contributed by atoms with van der Waals surface area (Å²) < 4.78 is 7.02. The number of amidine groups is 1. The Morgan fingerprint density at radius 2 is 1.98 bits per heavy atom. The summed E-state index contributed by atoms with van der Waals surface area (Å²) in [6, 6.07) is 2.38. The summed E-state index contributed by atoms with van der Waals surface area (Å²) in [5.74, 6) is 1.49. The Labute approximate surface area is 245 Å². The number of aromatic nitrogens is 1. The second-order valence-electron chi connectivity index (χ2n) is 10.9. The average molecular weight is 559 g/mol. The zero-order valence-electron chi connectivity index (χ0n) is 24.5. The molecule has 2 aliphatic heterocycles. The molecular weight excluding hydrogens is 516 g/mol. The summed E-state index contributed by atoms with van der Waals surface area (Å²) in [6.45, 7) is 14.8. The smallest absolute Gasteiger partial charge is 0.155 e. The van der Waals surface area contributed by atoms with Gasteiger partial charge in [0.1, 0.15) is 12.4 Å². The number of thiol groups is 1. The predicted octanol–water partition coefficient (Wildman–Crippen LogP) is 6.75. The monoisotopic (exact) mass is 558 g/mol. The van der Waals surface area contributed by atoms with Crippen LogP contribution in [-0.4, -0.2) is 58.7 Å². The summed E-state index contributed by atoms with van der Waals surface area (Å²) in [4.78, 5) is 23.4. The van der Waals surface area contributed by atoms with Gasteiger partial charge in [0.2, 0.25) is 0 Å². The van der Waals surface area contributed by atoms with E-state index < -0.39 is 0 Å². The molecule has 0 bridgehead atoms. The third kappa shape index (κ3) is 7.19. The molecule has 0 spiro atoms. The van der Waals surface area contributed by atoms with Gasteiger partial charge in [-0.05, 0) is 101 Å². The van der Waals surface area contributed by atoms with E-state index in [0.717, 1.165) is 66.7 Å². The zero-order valence-corrected chi connectivity index (χ0v) is 25.4. The molecule has 3 heterocycles. The van der Waals surface area contributed by atoms with Crippen LogP contribution in [0.3, 0.4) is 0 Å². The maximum absolute atomic E-state index is 11.7. The number of ketones is 1. The van der Waals surface area contributed by atoms with Crippen LogP contribution in [0.2, 0.25) is 0 Å². The van der Waals surface area contributed by atoms with E-state index in [1.54, 1.807) is 18.3 Å². The summed E-state index contributed by atoms with van der Waals surface area (Å²) in [5, 5.41) is 0. The van der Waals surface area contributed by atoms with Crippen molar-refractivity contribution in [1.29, 1.82) is 0 Å². The van der Waals surface area contributed by atoms with Crippen LogP contribution in [0.1, 0.15) is 63.3 Å². The molecule has 1 aromatic heterocycles. The van der Waals surface area contributed by atoms with Gasteiger partial charge < -0.3 is 4.74 Å². The molecule has 0 saturated carbocycles. The van der Waals surface area contributed by atoms with Gasteiger partial charge in [0.15, 0.2) is 5.78 Å². The number of pyridine rings is 1. The van der Waals surface area contributed by atoms with Crippen molar-refractivity contribution in [2.45, 2.75) is 59.4 Å². The molecule has 1 aromatic rings. The lowest BCUT2D eigenvalue weighted by Gasteiger charge is -2.38. The number of hydrogen-bond donors (Lipinski definition) is 1. The van der Waals surface area contributed by atoms with Crippen molar-refractivity contribution in [3.8, 4) is 0 Å². The lowest BCUT2D eigenvalue weighted by atomic mass is 9.82. The zero-order chi connectivity index (χ0) is 28.8. The van der Waals surface area contributed by atoms with E-state index in [0.29, 0.717) is 30.1 Å². The fourth-order valence-electron chi connectivity index (χ4n) is 5.67. The van der Waals surface area contributed by atoms with Crippen molar-refractivity contribution in [3.63, 3.8) is 0 Å². The van der Waals surface area contributed by atoms with Crippen LogP contribution >= 0.6 is 12.8 Å². The largest absolute Gasteiger partial charge is 0.377 e. The highest BCUT2D eigenvalue weighted by molar-refractivity contribution is 7.78. The highest BCUT2D eigenvalue weighted by Gasteiger charge is 2.26. The fourth-order valence-corrected chi connectivity index (χ4v) is 5.90. The van der Waals surface area contributed by atoms with Crippen molar-refractivity contribution in [2.75, 3.05) is 26.8 Å².